The van der Waals surface area contributed by atoms with Gasteiger partial charge in [0.15, 0.2) is 5.78 Å². The number of benzene rings is 2. The van der Waals surface area contributed by atoms with Crippen molar-refractivity contribution in [2.24, 2.45) is 5.92 Å². The van der Waals surface area contributed by atoms with Crippen molar-refractivity contribution in [3.63, 3.8) is 0 Å². The van der Waals surface area contributed by atoms with Gasteiger partial charge in [-0.2, -0.15) is 0 Å². The summed E-state index contributed by atoms with van der Waals surface area (Å²) in [5.74, 6) is 0.0431. The van der Waals surface area contributed by atoms with E-state index in [2.05, 4.69) is 22.3 Å². The minimum atomic E-state index is -0.551. The minimum Gasteiger partial charge on any atom is -0.456 e. The Morgan fingerprint density at radius 3 is 2.32 bits per heavy atom. The van der Waals surface area contributed by atoms with Crippen LogP contribution in [0.3, 0.4) is 0 Å². The number of nitrogens with zero attached hydrogens (tertiary/aromatic N) is 2. The van der Waals surface area contributed by atoms with Crippen LogP contribution in [0.1, 0.15) is 66.7 Å². The number of ketones is 1. The minimum absolute atomic E-state index is 0.0866. The number of Topliss-reactive ketones (excluding diaryl/α,β-unsaturated/α-hetero) is 1. The number of ether oxygens (including phenoxy) is 1. The van der Waals surface area contributed by atoms with Crippen LogP contribution in [0.15, 0.2) is 42.5 Å². The van der Waals surface area contributed by atoms with E-state index in [0.29, 0.717) is 5.56 Å². The molecule has 1 N–H and O–H groups in total. The fourth-order valence-corrected chi connectivity index (χ4v) is 5.30. The van der Waals surface area contributed by atoms with Crippen LogP contribution >= 0.6 is 0 Å². The lowest BCUT2D eigenvalue weighted by Crippen LogP contribution is -2.41. The first kappa shape index (κ1) is 26.9. The maximum atomic E-state index is 13.4. The zero-order valence-corrected chi connectivity index (χ0v) is 22.7. The molecular weight excluding hydrogens is 466 g/mol. The average molecular weight is 506 g/mol. The Labute approximate surface area is 220 Å². The Morgan fingerprint density at radius 1 is 1.03 bits per heavy atom. The molecule has 7 heteroatoms. The van der Waals surface area contributed by atoms with Gasteiger partial charge in [0.1, 0.15) is 5.60 Å². The summed E-state index contributed by atoms with van der Waals surface area (Å²) in [7, 11) is 3.64. The van der Waals surface area contributed by atoms with Crippen molar-refractivity contribution in [1.82, 2.24) is 10.2 Å². The monoisotopic (exact) mass is 505 g/mol. The molecule has 0 aromatic heterocycles. The van der Waals surface area contributed by atoms with Gasteiger partial charge in [-0.25, -0.2) is 4.79 Å². The number of rotatable bonds is 6. The van der Waals surface area contributed by atoms with Crippen molar-refractivity contribution in [1.29, 1.82) is 0 Å². The zero-order chi connectivity index (χ0) is 26.7. The van der Waals surface area contributed by atoms with E-state index in [-0.39, 0.29) is 36.0 Å². The standard InChI is InChI=1S/C30H39N3O4/c1-30(2,3)37-29(36)22-11-9-20(10-12-22)19-26(34)27-24-7-6-8-25(23(24)13-16-31-27)33-17-14-21(15-18-33)28(35)32(4)5/h6-12,21,27,31H,13-19H2,1-5H3. The maximum Gasteiger partial charge on any atom is 0.338 e. The summed E-state index contributed by atoms with van der Waals surface area (Å²) < 4.78 is 5.43. The number of carbonyl (C=O) groups is 3. The molecule has 0 bridgehead atoms. The second-order valence-corrected chi connectivity index (χ2v) is 11.3. The lowest BCUT2D eigenvalue weighted by molar-refractivity contribution is -0.133. The Bertz CT molecular complexity index is 1140. The van der Waals surface area contributed by atoms with Gasteiger partial charge in [-0.05, 0) is 74.9 Å². The number of hydrogen-bond donors (Lipinski definition) is 1. The Kier molecular flexibility index (Phi) is 8.02. The van der Waals surface area contributed by atoms with Gasteiger partial charge in [0.05, 0.1) is 11.6 Å². The quantitative estimate of drug-likeness (QED) is 0.599. The van der Waals surface area contributed by atoms with Gasteiger partial charge in [0.25, 0.3) is 0 Å². The summed E-state index contributed by atoms with van der Waals surface area (Å²) in [6, 6.07) is 13.0. The van der Waals surface area contributed by atoms with Crippen LogP contribution in [-0.4, -0.2) is 61.9 Å². The first-order valence-corrected chi connectivity index (χ1v) is 13.2. The van der Waals surface area contributed by atoms with Crippen molar-refractivity contribution in [3.05, 3.63) is 64.7 Å². The molecule has 0 saturated carbocycles. The number of esters is 1. The summed E-state index contributed by atoms with van der Waals surface area (Å²) in [5.41, 5.74) is 4.27. The zero-order valence-electron chi connectivity index (χ0n) is 22.7. The topological polar surface area (TPSA) is 79.0 Å². The van der Waals surface area contributed by atoms with E-state index in [0.717, 1.165) is 50.0 Å². The molecule has 1 saturated heterocycles. The third kappa shape index (κ3) is 6.39. The van der Waals surface area contributed by atoms with Crippen LogP contribution in [0.5, 0.6) is 0 Å². The summed E-state index contributed by atoms with van der Waals surface area (Å²) in [5, 5.41) is 3.42. The molecule has 198 valence electrons. The van der Waals surface area contributed by atoms with Crippen molar-refractivity contribution >= 4 is 23.3 Å². The van der Waals surface area contributed by atoms with Crippen LogP contribution in [0.4, 0.5) is 5.69 Å². The van der Waals surface area contributed by atoms with Crippen molar-refractivity contribution in [3.8, 4) is 0 Å². The van der Waals surface area contributed by atoms with Gasteiger partial charge in [-0.3, -0.25) is 9.59 Å². The molecule has 2 heterocycles. The summed E-state index contributed by atoms with van der Waals surface area (Å²) >= 11 is 0. The van der Waals surface area contributed by atoms with E-state index in [1.54, 1.807) is 17.0 Å². The van der Waals surface area contributed by atoms with Gasteiger partial charge < -0.3 is 19.9 Å². The highest BCUT2D eigenvalue weighted by Gasteiger charge is 2.31. The molecule has 2 aromatic carbocycles. The van der Waals surface area contributed by atoms with Crippen LogP contribution in [-0.2, 0) is 27.2 Å². The van der Waals surface area contributed by atoms with Gasteiger partial charge in [-0.1, -0.05) is 24.3 Å². The summed E-state index contributed by atoms with van der Waals surface area (Å²) in [6.07, 6.45) is 2.85. The molecule has 2 aliphatic rings. The highest BCUT2D eigenvalue weighted by Crippen LogP contribution is 2.34. The summed E-state index contributed by atoms with van der Waals surface area (Å²) in [6.45, 7) is 7.95. The van der Waals surface area contributed by atoms with Gasteiger partial charge in [0.2, 0.25) is 5.91 Å². The van der Waals surface area contributed by atoms with Gasteiger partial charge >= 0.3 is 5.97 Å². The molecule has 37 heavy (non-hydrogen) atoms. The van der Waals surface area contributed by atoms with Gasteiger partial charge in [-0.15, -0.1) is 0 Å². The molecule has 2 aliphatic heterocycles. The molecule has 2 aromatic rings. The molecule has 4 rings (SSSR count). The molecule has 1 atom stereocenters. The summed E-state index contributed by atoms with van der Waals surface area (Å²) in [4.78, 5) is 42.2. The molecule has 1 fully saturated rings. The van der Waals surface area contributed by atoms with E-state index >= 15 is 0 Å². The Balaban J connectivity index is 1.44. The molecule has 0 spiro atoms. The second-order valence-electron chi connectivity index (χ2n) is 11.3. The van der Waals surface area contributed by atoms with Gasteiger partial charge in [0, 0.05) is 51.8 Å². The number of piperidine rings is 1. The predicted molar refractivity (Wildman–Crippen MR) is 145 cm³/mol. The largest absolute Gasteiger partial charge is 0.456 e. The third-order valence-electron chi connectivity index (χ3n) is 7.14. The average Bonchev–Trinajstić information content (AvgIpc) is 2.87. The van der Waals surface area contributed by atoms with Crippen LogP contribution < -0.4 is 10.2 Å². The maximum absolute atomic E-state index is 13.4. The molecule has 1 amide bonds. The smallest absolute Gasteiger partial charge is 0.338 e. The van der Waals surface area contributed by atoms with Crippen molar-refractivity contribution in [2.75, 3.05) is 38.6 Å². The lowest BCUT2D eigenvalue weighted by atomic mass is 9.87. The molecule has 0 radical (unpaired) electrons. The van der Waals surface area contributed by atoms with Crippen molar-refractivity contribution in [2.45, 2.75) is 58.1 Å². The molecular formula is C30H39N3O4. The van der Waals surface area contributed by atoms with E-state index < -0.39 is 5.60 Å². The highest BCUT2D eigenvalue weighted by atomic mass is 16.6. The number of anilines is 1. The number of hydrogen-bond acceptors (Lipinski definition) is 6. The first-order chi connectivity index (χ1) is 17.5. The SMILES string of the molecule is CN(C)C(=O)C1CCN(c2cccc3c2CCNC3C(=O)Cc2ccc(C(=O)OC(C)(C)C)cc2)CC1. The fourth-order valence-electron chi connectivity index (χ4n) is 5.30. The van der Waals surface area contributed by atoms with Crippen molar-refractivity contribution < 1.29 is 19.1 Å². The lowest BCUT2D eigenvalue weighted by Gasteiger charge is -2.37. The first-order valence-electron chi connectivity index (χ1n) is 13.2. The normalized spacial score (nSPS) is 18.2. The number of carbonyl (C=O) groups excluding carboxylic acids is 3. The highest BCUT2D eigenvalue weighted by molar-refractivity contribution is 5.91. The van der Waals surface area contributed by atoms with Crippen LogP contribution in [0, 0.1) is 5.92 Å². The Morgan fingerprint density at radius 2 is 1.70 bits per heavy atom. The number of fused-ring (bicyclic) bond motifs is 1. The third-order valence-corrected chi connectivity index (χ3v) is 7.14. The van der Waals surface area contributed by atoms with E-state index in [4.69, 9.17) is 4.74 Å². The molecule has 1 unspecified atom stereocenters. The number of amides is 1. The fraction of sp³-hybridized carbons (Fsp3) is 0.500. The van der Waals surface area contributed by atoms with E-state index in [1.807, 2.05) is 53.1 Å². The second kappa shape index (κ2) is 11.1. The predicted octanol–water partition coefficient (Wildman–Crippen LogP) is 3.95. The Hall–Kier alpha value is -3.19. The van der Waals surface area contributed by atoms with E-state index in [1.165, 1.54) is 11.3 Å². The molecule has 7 nitrogen and oxygen atoms in total. The van der Waals surface area contributed by atoms with Crippen LogP contribution in [0.2, 0.25) is 0 Å². The number of nitrogens with one attached hydrogen (secondary N) is 1. The van der Waals surface area contributed by atoms with E-state index in [9.17, 15) is 14.4 Å². The van der Waals surface area contributed by atoms with Crippen LogP contribution in [0.25, 0.3) is 0 Å². The molecule has 0 aliphatic carbocycles.